The third-order valence-electron chi connectivity index (χ3n) is 3.31. The van der Waals surface area contributed by atoms with Crippen LogP contribution in [-0.4, -0.2) is 15.0 Å². The van der Waals surface area contributed by atoms with Crippen LogP contribution in [0.25, 0.3) is 24.3 Å². The Morgan fingerprint density at radius 2 is 1.22 bits per heavy atom. The first-order valence-electron chi connectivity index (χ1n) is 9.37. The van der Waals surface area contributed by atoms with E-state index < -0.39 is 0 Å². The first-order chi connectivity index (χ1) is 15.7. The maximum atomic E-state index is 5.19. The van der Waals surface area contributed by atoms with Gasteiger partial charge in [-0.1, -0.05) is 18.6 Å². The second kappa shape index (κ2) is 31.3. The smallest absolute Gasteiger partial charge is 0 e. The van der Waals surface area contributed by atoms with Crippen molar-refractivity contribution in [1.82, 2.24) is 15.0 Å². The molecule has 4 rings (SSSR count). The van der Waals surface area contributed by atoms with E-state index in [0.29, 0.717) is 5.69 Å². The summed E-state index contributed by atoms with van der Waals surface area (Å²) in [5, 5.41) is 0. The van der Waals surface area contributed by atoms with Crippen molar-refractivity contribution in [2.75, 3.05) is 0 Å². The molecule has 4 radical (unpaired) electrons. The Morgan fingerprint density at radius 3 is 1.56 bits per heavy atom. The van der Waals surface area contributed by atoms with Crippen LogP contribution in [0.2, 0.25) is 0 Å². The normalized spacial score (nSPS) is 7.56. The van der Waals surface area contributed by atoms with E-state index in [1.807, 2.05) is 36.4 Å². The van der Waals surface area contributed by atoms with Crippen molar-refractivity contribution in [2.24, 2.45) is 0 Å². The van der Waals surface area contributed by atoms with E-state index in [4.69, 9.17) is 26.3 Å². The van der Waals surface area contributed by atoms with E-state index >= 15 is 0 Å². The molecular formula is C29H21N3Y4-8. The third-order valence-corrected chi connectivity index (χ3v) is 3.31. The van der Waals surface area contributed by atoms with Crippen LogP contribution in [0.1, 0.15) is 22.4 Å². The molecule has 0 unspecified atom stereocenters. The van der Waals surface area contributed by atoms with Crippen LogP contribution in [0.5, 0.6) is 0 Å². The number of benzene rings is 1. The fourth-order valence-corrected chi connectivity index (χ4v) is 1.80. The molecule has 3 heterocycles. The summed E-state index contributed by atoms with van der Waals surface area (Å²) in [6.07, 6.45) is 15.2. The van der Waals surface area contributed by atoms with Crippen molar-refractivity contribution >= 4 is 24.3 Å². The third kappa shape index (κ3) is 23.2. The quantitative estimate of drug-likeness (QED) is 0.243. The molecule has 1 aromatic carbocycles. The molecule has 36 heavy (non-hydrogen) atoms. The molecule has 0 aliphatic heterocycles. The summed E-state index contributed by atoms with van der Waals surface area (Å²) in [7, 11) is 0. The Bertz CT molecular complexity index is 857. The predicted octanol–water partition coefficient (Wildman–Crippen LogP) is 5.91. The number of hydrogen-bond donors (Lipinski definition) is 0. The van der Waals surface area contributed by atoms with E-state index in [0.717, 1.165) is 16.7 Å². The van der Waals surface area contributed by atoms with Crippen molar-refractivity contribution in [3.8, 4) is 0 Å². The number of rotatable bonds is 4. The molecular weight excluding hydrogens is 746 g/mol. The minimum atomic E-state index is 0. The summed E-state index contributed by atoms with van der Waals surface area (Å²) < 4.78 is 0. The average molecular weight is 767 g/mol. The predicted molar refractivity (Wildman–Crippen MR) is 130 cm³/mol. The second-order valence-electron chi connectivity index (χ2n) is 5.55. The van der Waals surface area contributed by atoms with Crippen molar-refractivity contribution < 1.29 is 131 Å². The zero-order chi connectivity index (χ0) is 23.3. The largest absolute Gasteiger partial charge is 0.390 e. The molecule has 0 fully saturated rings. The summed E-state index contributed by atoms with van der Waals surface area (Å²) in [5.41, 5.74) is 3.28. The van der Waals surface area contributed by atoms with Crippen molar-refractivity contribution in [3.63, 3.8) is 0 Å². The van der Waals surface area contributed by atoms with Gasteiger partial charge in [-0.25, -0.2) is 30.0 Å². The summed E-state index contributed by atoms with van der Waals surface area (Å²) in [6, 6.07) is 25.2. The Hall–Kier alpha value is 0.0456. The van der Waals surface area contributed by atoms with Gasteiger partial charge in [0, 0.05) is 131 Å². The van der Waals surface area contributed by atoms with Crippen LogP contribution in [-0.2, 0) is 131 Å². The molecule has 0 amide bonds. The Balaban J connectivity index is -0.000000183. The molecule has 0 aliphatic rings. The Labute approximate surface area is 317 Å². The molecule has 3 nitrogen and oxygen atoms in total. The van der Waals surface area contributed by atoms with Gasteiger partial charge in [0.2, 0.25) is 0 Å². The van der Waals surface area contributed by atoms with Gasteiger partial charge in [0.25, 0.3) is 0 Å². The van der Waals surface area contributed by atoms with E-state index in [2.05, 4.69) is 39.3 Å². The molecule has 172 valence electrons. The van der Waals surface area contributed by atoms with Crippen LogP contribution >= 0.6 is 0 Å². The van der Waals surface area contributed by atoms with E-state index in [-0.39, 0.29) is 131 Å². The number of pyridine rings is 3. The summed E-state index contributed by atoms with van der Waals surface area (Å²) >= 11 is 0. The van der Waals surface area contributed by atoms with Crippen LogP contribution < -0.4 is 0 Å². The number of nitrogens with zero attached hydrogens (tertiary/aromatic N) is 3. The second-order valence-corrected chi connectivity index (χ2v) is 5.55. The monoisotopic (exact) mass is 767 g/mol. The zero-order valence-electron chi connectivity index (χ0n) is 19.8. The van der Waals surface area contributed by atoms with E-state index in [1.165, 1.54) is 24.3 Å². The van der Waals surface area contributed by atoms with Gasteiger partial charge in [-0.15, -0.1) is 36.7 Å². The Kier molecular flexibility index (Phi) is 37.4. The topological polar surface area (TPSA) is 38.7 Å². The number of aromatic nitrogens is 3. The molecule has 0 N–H and O–H groups in total. The fourth-order valence-electron chi connectivity index (χ4n) is 1.80. The molecule has 0 saturated heterocycles. The van der Waals surface area contributed by atoms with Crippen molar-refractivity contribution in [3.05, 3.63) is 152 Å². The SMILES string of the molecule is [CH-]=Cc1[c-]cccc1.[CH-]=Cc1[c-]cccn1.[CH-]=Cc1[c-]ccnc1.[CH-]=Cc1[c-]nccc1.[Y].[Y].[Y].[Y]. The van der Waals surface area contributed by atoms with Gasteiger partial charge in [0.15, 0.2) is 0 Å². The van der Waals surface area contributed by atoms with Gasteiger partial charge in [-0.3, -0.25) is 17.2 Å². The zero-order valence-corrected chi connectivity index (χ0v) is 31.1. The van der Waals surface area contributed by atoms with Crippen LogP contribution in [0.3, 0.4) is 0 Å². The molecule has 4 aromatic rings. The maximum absolute atomic E-state index is 5.19. The summed E-state index contributed by atoms with van der Waals surface area (Å²) in [4.78, 5) is 11.4. The van der Waals surface area contributed by atoms with Gasteiger partial charge in [0.1, 0.15) is 0 Å². The van der Waals surface area contributed by atoms with Gasteiger partial charge in [0.05, 0.1) is 0 Å². The Morgan fingerprint density at radius 1 is 0.583 bits per heavy atom. The molecule has 0 saturated carbocycles. The van der Waals surface area contributed by atoms with Gasteiger partial charge in [-0.05, 0) is 0 Å². The van der Waals surface area contributed by atoms with Gasteiger partial charge >= 0.3 is 0 Å². The summed E-state index contributed by atoms with van der Waals surface area (Å²) in [5.74, 6) is 0. The minimum absolute atomic E-state index is 0. The molecule has 0 aliphatic carbocycles. The number of hydrogen-bond acceptors (Lipinski definition) is 3. The maximum Gasteiger partial charge on any atom is 0 e. The molecule has 7 heteroatoms. The van der Waals surface area contributed by atoms with E-state index in [1.54, 1.807) is 43.0 Å². The molecule has 3 aromatic heterocycles. The minimum Gasteiger partial charge on any atom is -0.390 e. The van der Waals surface area contributed by atoms with Crippen molar-refractivity contribution in [2.45, 2.75) is 0 Å². The average Bonchev–Trinajstić information content (AvgIpc) is 2.91. The van der Waals surface area contributed by atoms with Crippen LogP contribution in [0.15, 0.2) is 79.4 Å². The molecule has 0 spiro atoms. The van der Waals surface area contributed by atoms with Gasteiger partial charge < -0.3 is 71.1 Å². The first-order valence-corrected chi connectivity index (χ1v) is 9.37. The fraction of sp³-hybridized carbons (Fsp3) is 0. The van der Waals surface area contributed by atoms with Crippen LogP contribution in [0, 0.1) is 50.7 Å². The molecule has 0 atom stereocenters. The first kappa shape index (κ1) is 43.1. The summed E-state index contributed by atoms with van der Waals surface area (Å²) in [6.45, 7) is 20.6. The van der Waals surface area contributed by atoms with Crippen LogP contribution in [0.4, 0.5) is 0 Å². The van der Waals surface area contributed by atoms with E-state index in [9.17, 15) is 0 Å². The van der Waals surface area contributed by atoms with Gasteiger partial charge in [-0.2, -0.15) is 18.2 Å². The standard InChI is InChI=1S/C8H6.3C7H5N.4Y/c1-2-8-6-4-3-5-7-8;2*1-2-7-4-3-5-8-6-7;1-2-7-5-3-4-6-8-7;;;;/h1-6H;1-3,5-6H;1-5H;1-4,6H;;;;/q4*-2;;;;. The molecule has 0 bridgehead atoms. The van der Waals surface area contributed by atoms with Crippen molar-refractivity contribution in [1.29, 1.82) is 0 Å².